The van der Waals surface area contributed by atoms with Crippen molar-refractivity contribution in [1.29, 1.82) is 5.26 Å². The summed E-state index contributed by atoms with van der Waals surface area (Å²) in [4.78, 5) is 39.9. The number of anilines is 1. The molecule has 0 saturated carbocycles. The van der Waals surface area contributed by atoms with Crippen LogP contribution in [0.5, 0.6) is 0 Å². The summed E-state index contributed by atoms with van der Waals surface area (Å²) in [6.07, 6.45) is -2.09. The molecule has 1 aromatic heterocycles. The smallest absolute Gasteiger partial charge is 0.359 e. The summed E-state index contributed by atoms with van der Waals surface area (Å²) in [5.41, 5.74) is -1.34. The molecule has 0 aliphatic carbocycles. The van der Waals surface area contributed by atoms with E-state index in [1.165, 1.54) is 24.8 Å². The number of hydrogen-bond donors (Lipinski definition) is 1. The molecule has 2 aromatic carbocycles. The van der Waals surface area contributed by atoms with E-state index in [-0.39, 0.29) is 18.1 Å². The van der Waals surface area contributed by atoms with E-state index in [4.69, 9.17) is 5.26 Å². The van der Waals surface area contributed by atoms with Crippen molar-refractivity contribution in [2.75, 3.05) is 11.9 Å². The molecule has 1 aliphatic heterocycles. The van der Waals surface area contributed by atoms with Gasteiger partial charge in [0.1, 0.15) is 11.2 Å². The van der Waals surface area contributed by atoms with Crippen molar-refractivity contribution in [3.63, 3.8) is 0 Å². The van der Waals surface area contributed by atoms with Gasteiger partial charge in [-0.3, -0.25) is 14.3 Å². The van der Waals surface area contributed by atoms with E-state index in [2.05, 4.69) is 15.6 Å². The number of benzene rings is 2. The van der Waals surface area contributed by atoms with Gasteiger partial charge >= 0.3 is 12.2 Å². The van der Waals surface area contributed by atoms with Crippen molar-refractivity contribution < 1.29 is 27.6 Å². The van der Waals surface area contributed by atoms with Gasteiger partial charge in [-0.1, -0.05) is 29.5 Å². The highest BCUT2D eigenvalue weighted by Gasteiger charge is 2.52. The molecule has 208 valence electrons. The maximum Gasteiger partial charge on any atom is 0.417 e. The van der Waals surface area contributed by atoms with Crippen molar-refractivity contribution in [3.05, 3.63) is 65.4 Å². The summed E-state index contributed by atoms with van der Waals surface area (Å²) in [7, 11) is 1.58. The van der Waals surface area contributed by atoms with Crippen LogP contribution in [-0.2, 0) is 28.9 Å². The van der Waals surface area contributed by atoms with Crippen LogP contribution in [0, 0.1) is 11.3 Å². The van der Waals surface area contributed by atoms with Crippen molar-refractivity contribution in [2.45, 2.75) is 51.5 Å². The molecular weight excluding hydrogens is 527 g/mol. The fourth-order valence-corrected chi connectivity index (χ4v) is 4.36. The molecule has 0 atom stereocenters. The molecule has 0 bridgehead atoms. The maximum atomic E-state index is 13.5. The molecule has 1 N–H and O–H groups in total. The minimum Gasteiger partial charge on any atom is -0.359 e. The zero-order valence-corrected chi connectivity index (χ0v) is 22.0. The number of rotatable bonds is 8. The minimum absolute atomic E-state index is 0.0307. The Morgan fingerprint density at radius 2 is 1.82 bits per heavy atom. The van der Waals surface area contributed by atoms with Crippen LogP contribution in [0.4, 0.5) is 23.7 Å². The van der Waals surface area contributed by atoms with E-state index < -0.39 is 34.8 Å². The number of imide groups is 1. The van der Waals surface area contributed by atoms with Gasteiger partial charge in [0, 0.05) is 32.1 Å². The molecule has 1 fully saturated rings. The summed E-state index contributed by atoms with van der Waals surface area (Å²) >= 11 is 0. The largest absolute Gasteiger partial charge is 0.417 e. The number of nitrogens with zero attached hydrogens (tertiary/aromatic N) is 6. The number of hydrogen-bond acceptors (Lipinski definition) is 6. The lowest BCUT2D eigenvalue weighted by Crippen LogP contribution is -2.43. The third kappa shape index (κ3) is 5.51. The normalized spacial score (nSPS) is 14.9. The second-order valence-electron chi connectivity index (χ2n) is 9.75. The summed E-state index contributed by atoms with van der Waals surface area (Å²) in [5.74, 6) is -0.733. The van der Waals surface area contributed by atoms with Gasteiger partial charge in [0.25, 0.3) is 5.91 Å². The molecule has 3 aromatic rings. The SMILES string of the molecule is CNC(=O)CCCn1cc(-c2ccc(CN3C(=O)N(c4ccc(C#N)c(C(F)(F)F)c4)C(=O)C3(C)C)cc2)nn1. The number of aromatic nitrogens is 3. The molecule has 4 rings (SSSR count). The Labute approximate surface area is 228 Å². The highest BCUT2D eigenvalue weighted by Crippen LogP contribution is 2.38. The molecule has 0 radical (unpaired) electrons. The van der Waals surface area contributed by atoms with E-state index >= 15 is 0 Å². The Bertz CT molecular complexity index is 1490. The van der Waals surface area contributed by atoms with E-state index in [1.54, 1.807) is 42.2 Å². The average Bonchev–Trinajstić information content (AvgIpc) is 3.45. The van der Waals surface area contributed by atoms with Gasteiger partial charge in [-0.2, -0.15) is 18.4 Å². The zero-order valence-electron chi connectivity index (χ0n) is 22.0. The Balaban J connectivity index is 1.50. The Morgan fingerprint density at radius 3 is 2.45 bits per heavy atom. The monoisotopic (exact) mass is 553 g/mol. The Morgan fingerprint density at radius 1 is 1.12 bits per heavy atom. The highest BCUT2D eigenvalue weighted by atomic mass is 19.4. The molecule has 0 spiro atoms. The first-order chi connectivity index (χ1) is 18.9. The van der Waals surface area contributed by atoms with Gasteiger partial charge in [0.15, 0.2) is 0 Å². The molecule has 13 heteroatoms. The molecule has 1 aliphatic rings. The highest BCUT2D eigenvalue weighted by molar-refractivity contribution is 6.23. The average molecular weight is 554 g/mol. The molecular formula is C27H26F3N7O3. The number of halogens is 3. The van der Waals surface area contributed by atoms with E-state index in [0.717, 1.165) is 17.7 Å². The summed E-state index contributed by atoms with van der Waals surface area (Å²) < 4.78 is 42.1. The van der Waals surface area contributed by atoms with Crippen LogP contribution < -0.4 is 10.2 Å². The second-order valence-corrected chi connectivity index (χ2v) is 9.75. The van der Waals surface area contributed by atoms with Gasteiger partial charge in [0.05, 0.1) is 29.1 Å². The first-order valence-corrected chi connectivity index (χ1v) is 12.3. The predicted molar refractivity (Wildman–Crippen MR) is 137 cm³/mol. The molecule has 4 amide bonds. The molecule has 0 unspecified atom stereocenters. The molecule has 1 saturated heterocycles. The zero-order chi connectivity index (χ0) is 29.2. The van der Waals surface area contributed by atoms with Crippen LogP contribution in [0.1, 0.15) is 43.4 Å². The van der Waals surface area contributed by atoms with Crippen LogP contribution in [0.15, 0.2) is 48.7 Å². The lowest BCUT2D eigenvalue weighted by molar-refractivity contribution is -0.137. The lowest BCUT2D eigenvalue weighted by Gasteiger charge is -2.27. The predicted octanol–water partition coefficient (Wildman–Crippen LogP) is 4.11. The van der Waals surface area contributed by atoms with Gasteiger partial charge < -0.3 is 10.2 Å². The topological polar surface area (TPSA) is 124 Å². The van der Waals surface area contributed by atoms with Crippen LogP contribution in [0.3, 0.4) is 0 Å². The summed E-state index contributed by atoms with van der Waals surface area (Å²) in [6, 6.07) is 10.6. The van der Waals surface area contributed by atoms with E-state index in [0.29, 0.717) is 41.6 Å². The van der Waals surface area contributed by atoms with Crippen molar-refractivity contribution in [3.8, 4) is 17.3 Å². The fraction of sp³-hybridized carbons (Fsp3) is 0.333. The number of alkyl halides is 3. The van der Waals surface area contributed by atoms with Crippen molar-refractivity contribution in [1.82, 2.24) is 25.2 Å². The Hall–Kier alpha value is -4.73. The van der Waals surface area contributed by atoms with Crippen molar-refractivity contribution in [2.24, 2.45) is 0 Å². The molecule has 10 nitrogen and oxygen atoms in total. The number of aryl methyl sites for hydroxylation is 1. The molecule has 2 heterocycles. The maximum absolute atomic E-state index is 13.5. The first kappa shape index (κ1) is 28.3. The van der Waals surface area contributed by atoms with Crippen LogP contribution >= 0.6 is 0 Å². The number of amides is 4. The number of carbonyl (C=O) groups is 3. The van der Waals surface area contributed by atoms with Gasteiger partial charge in [0.2, 0.25) is 5.91 Å². The van der Waals surface area contributed by atoms with Crippen LogP contribution in [0.2, 0.25) is 0 Å². The number of nitrogens with one attached hydrogen (secondary N) is 1. The third-order valence-corrected chi connectivity index (χ3v) is 6.71. The van der Waals surface area contributed by atoms with E-state index in [1.807, 2.05) is 0 Å². The third-order valence-electron chi connectivity index (χ3n) is 6.71. The van der Waals surface area contributed by atoms with Crippen LogP contribution in [-0.4, -0.2) is 50.3 Å². The molecule has 40 heavy (non-hydrogen) atoms. The first-order valence-electron chi connectivity index (χ1n) is 12.3. The number of nitriles is 1. The quantitative estimate of drug-likeness (QED) is 0.419. The van der Waals surface area contributed by atoms with E-state index in [9.17, 15) is 27.6 Å². The van der Waals surface area contributed by atoms with Crippen LogP contribution in [0.25, 0.3) is 11.3 Å². The number of carbonyl (C=O) groups excluding carboxylic acids is 3. The second kappa shape index (κ2) is 10.8. The van der Waals surface area contributed by atoms with Gasteiger partial charge in [-0.05, 0) is 44.0 Å². The Kier molecular flexibility index (Phi) is 7.63. The van der Waals surface area contributed by atoms with Gasteiger partial charge in [-0.15, -0.1) is 5.10 Å². The lowest BCUT2D eigenvalue weighted by atomic mass is 10.0. The van der Waals surface area contributed by atoms with Crippen molar-refractivity contribution >= 4 is 23.5 Å². The summed E-state index contributed by atoms with van der Waals surface area (Å²) in [5, 5.41) is 19.9. The van der Waals surface area contributed by atoms with Gasteiger partial charge in [-0.25, -0.2) is 9.69 Å². The standard InChI is InChI=1S/C27H26F3N7O3/c1-26(2)24(39)37(20-11-10-19(14-31)21(13-20)27(28,29)30)25(40)36(26)15-17-6-8-18(9-7-17)22-16-35(34-33-22)12-4-5-23(38)32-3/h6-11,13,16H,4-5,12,15H2,1-3H3,(H,32,38). The minimum atomic E-state index is -4.83. The fourth-order valence-electron chi connectivity index (χ4n) is 4.36. The summed E-state index contributed by atoms with van der Waals surface area (Å²) in [6.45, 7) is 3.61. The number of urea groups is 1.